The average Bonchev–Trinajstić information content (AvgIpc) is 2.46. The molecule has 0 radical (unpaired) electrons. The van der Waals surface area contributed by atoms with E-state index in [1.54, 1.807) is 0 Å². The molecule has 0 atom stereocenters. The fourth-order valence-corrected chi connectivity index (χ4v) is 3.00. The largest absolute Gasteiger partial charge is 0.372 e. The van der Waals surface area contributed by atoms with Gasteiger partial charge in [-0.05, 0) is 63.2 Å². The molecule has 3 heteroatoms. The van der Waals surface area contributed by atoms with Gasteiger partial charge in [0.25, 0.3) is 0 Å². The molecule has 3 nitrogen and oxygen atoms in total. The first-order chi connectivity index (χ1) is 9.97. The molecule has 1 aliphatic heterocycles. The van der Waals surface area contributed by atoms with E-state index in [1.165, 1.54) is 42.7 Å². The van der Waals surface area contributed by atoms with Crippen molar-refractivity contribution in [2.24, 2.45) is 0 Å². The molecule has 0 aromatic heterocycles. The van der Waals surface area contributed by atoms with Crippen LogP contribution in [0.2, 0.25) is 0 Å². The maximum Gasteiger partial charge on any atom is 0.0368 e. The number of nitrogens with one attached hydrogen (secondary N) is 1. The Labute approximate surface area is 130 Å². The molecule has 118 valence electrons. The molecule has 1 heterocycles. The maximum atomic E-state index is 3.50. The summed E-state index contributed by atoms with van der Waals surface area (Å²) < 4.78 is 0. The zero-order valence-corrected chi connectivity index (χ0v) is 14.3. The second-order valence-corrected chi connectivity index (χ2v) is 6.79. The highest BCUT2D eigenvalue weighted by Gasteiger charge is 2.21. The van der Waals surface area contributed by atoms with Gasteiger partial charge in [-0.2, -0.15) is 0 Å². The number of rotatable bonds is 5. The van der Waals surface area contributed by atoms with Crippen molar-refractivity contribution < 1.29 is 0 Å². The van der Waals surface area contributed by atoms with Gasteiger partial charge in [0.1, 0.15) is 0 Å². The van der Waals surface area contributed by atoms with Crippen LogP contribution in [0.15, 0.2) is 18.2 Å². The van der Waals surface area contributed by atoms with Gasteiger partial charge in [0.15, 0.2) is 0 Å². The summed E-state index contributed by atoms with van der Waals surface area (Å²) in [5.41, 5.74) is 4.15. The van der Waals surface area contributed by atoms with E-state index < -0.39 is 0 Å². The molecule has 1 saturated heterocycles. The van der Waals surface area contributed by atoms with Crippen LogP contribution in [0.5, 0.6) is 0 Å². The second kappa shape index (κ2) is 7.28. The van der Waals surface area contributed by atoms with Gasteiger partial charge in [0, 0.05) is 31.4 Å². The third kappa shape index (κ3) is 4.45. The number of likely N-dealkylation sites (tertiary alicyclic amines) is 1. The van der Waals surface area contributed by atoms with E-state index in [0.29, 0.717) is 12.1 Å². The number of nitrogens with zero attached hydrogens (tertiary/aromatic N) is 2. The number of piperidine rings is 1. The molecule has 1 fully saturated rings. The van der Waals surface area contributed by atoms with E-state index >= 15 is 0 Å². The lowest BCUT2D eigenvalue weighted by molar-refractivity contribution is 0.253. The Kier molecular flexibility index (Phi) is 5.65. The fraction of sp³-hybridized carbons (Fsp3) is 0.667. The lowest BCUT2D eigenvalue weighted by Crippen LogP contribution is -2.42. The zero-order valence-electron chi connectivity index (χ0n) is 14.3. The number of anilines is 1. The van der Waals surface area contributed by atoms with Gasteiger partial charge in [0.2, 0.25) is 0 Å². The summed E-state index contributed by atoms with van der Waals surface area (Å²) in [6, 6.07) is 8.12. The van der Waals surface area contributed by atoms with Crippen LogP contribution in [0.4, 0.5) is 5.69 Å². The Bertz CT molecular complexity index is 448. The number of benzene rings is 1. The highest BCUT2D eigenvalue weighted by Crippen LogP contribution is 2.24. The van der Waals surface area contributed by atoms with E-state index in [9.17, 15) is 0 Å². The summed E-state index contributed by atoms with van der Waals surface area (Å²) >= 11 is 0. The maximum absolute atomic E-state index is 3.50. The minimum atomic E-state index is 0.533. The van der Waals surface area contributed by atoms with E-state index in [4.69, 9.17) is 0 Å². The van der Waals surface area contributed by atoms with Gasteiger partial charge < -0.3 is 15.1 Å². The molecule has 0 amide bonds. The second-order valence-electron chi connectivity index (χ2n) is 6.79. The third-order valence-electron chi connectivity index (χ3n) is 4.67. The number of hydrogen-bond acceptors (Lipinski definition) is 3. The van der Waals surface area contributed by atoms with Crippen LogP contribution >= 0.6 is 0 Å². The van der Waals surface area contributed by atoms with Crippen molar-refractivity contribution in [3.8, 4) is 0 Å². The van der Waals surface area contributed by atoms with Crippen LogP contribution in [-0.2, 0) is 6.54 Å². The molecular weight excluding hydrogens is 258 g/mol. The van der Waals surface area contributed by atoms with Crippen LogP contribution in [0.1, 0.15) is 37.8 Å². The molecule has 1 aliphatic rings. The van der Waals surface area contributed by atoms with Gasteiger partial charge >= 0.3 is 0 Å². The van der Waals surface area contributed by atoms with Gasteiger partial charge in [-0.15, -0.1) is 0 Å². The van der Waals surface area contributed by atoms with Crippen molar-refractivity contribution in [2.75, 3.05) is 32.1 Å². The molecule has 21 heavy (non-hydrogen) atoms. The van der Waals surface area contributed by atoms with Gasteiger partial charge in [-0.3, -0.25) is 0 Å². The van der Waals surface area contributed by atoms with Crippen molar-refractivity contribution in [3.05, 3.63) is 29.3 Å². The molecule has 0 saturated carbocycles. The molecule has 0 bridgehead atoms. The molecule has 1 aromatic rings. The first-order valence-corrected chi connectivity index (χ1v) is 8.21. The molecule has 0 unspecified atom stereocenters. The number of hydrogen-bond donors (Lipinski definition) is 1. The molecular formula is C18H31N3. The normalized spacial score (nSPS) is 17.4. The molecule has 2 rings (SSSR count). The predicted octanol–water partition coefficient (Wildman–Crippen LogP) is 3.02. The monoisotopic (exact) mass is 289 g/mol. The van der Waals surface area contributed by atoms with Crippen molar-refractivity contribution in [2.45, 2.75) is 52.2 Å². The molecule has 0 spiro atoms. The topological polar surface area (TPSA) is 18.5 Å². The minimum Gasteiger partial charge on any atom is -0.372 e. The quantitative estimate of drug-likeness (QED) is 0.899. The predicted molar refractivity (Wildman–Crippen MR) is 92.1 cm³/mol. The van der Waals surface area contributed by atoms with Crippen molar-refractivity contribution in [1.29, 1.82) is 0 Å². The van der Waals surface area contributed by atoms with Crippen molar-refractivity contribution >= 4 is 5.69 Å². The standard InChI is InChI=1S/C18H31N3/c1-14(2)19-13-16-6-7-18(12-15(16)3)21(5)17-8-10-20(4)11-9-17/h6-7,12,14,17,19H,8-11,13H2,1-5H3. The summed E-state index contributed by atoms with van der Waals surface area (Å²) in [7, 11) is 4.47. The number of aryl methyl sites for hydroxylation is 1. The zero-order chi connectivity index (χ0) is 15.4. The lowest BCUT2D eigenvalue weighted by atomic mass is 10.0. The van der Waals surface area contributed by atoms with Crippen LogP contribution in [-0.4, -0.2) is 44.2 Å². The average molecular weight is 289 g/mol. The highest BCUT2D eigenvalue weighted by atomic mass is 15.2. The smallest absolute Gasteiger partial charge is 0.0368 e. The summed E-state index contributed by atoms with van der Waals surface area (Å²) in [6.45, 7) is 9.99. The van der Waals surface area contributed by atoms with Crippen LogP contribution in [0.25, 0.3) is 0 Å². The third-order valence-corrected chi connectivity index (χ3v) is 4.67. The summed E-state index contributed by atoms with van der Waals surface area (Å²) in [4.78, 5) is 4.90. The first kappa shape index (κ1) is 16.3. The first-order valence-electron chi connectivity index (χ1n) is 8.21. The molecule has 1 N–H and O–H groups in total. The van der Waals surface area contributed by atoms with E-state index in [0.717, 1.165) is 6.54 Å². The Hall–Kier alpha value is -1.06. The van der Waals surface area contributed by atoms with Crippen molar-refractivity contribution in [1.82, 2.24) is 10.2 Å². The van der Waals surface area contributed by atoms with Crippen LogP contribution in [0, 0.1) is 6.92 Å². The fourth-order valence-electron chi connectivity index (χ4n) is 3.00. The van der Waals surface area contributed by atoms with E-state index in [-0.39, 0.29) is 0 Å². The van der Waals surface area contributed by atoms with E-state index in [1.807, 2.05) is 0 Å². The molecule has 0 aliphatic carbocycles. The lowest BCUT2D eigenvalue weighted by Gasteiger charge is -2.36. The Morgan fingerprint density at radius 3 is 2.52 bits per heavy atom. The summed E-state index contributed by atoms with van der Waals surface area (Å²) in [6.07, 6.45) is 2.53. The Morgan fingerprint density at radius 2 is 1.95 bits per heavy atom. The SMILES string of the molecule is Cc1cc(N(C)C2CCN(C)CC2)ccc1CNC(C)C. The minimum absolute atomic E-state index is 0.533. The van der Waals surface area contributed by atoms with Crippen LogP contribution in [0.3, 0.4) is 0 Å². The highest BCUT2D eigenvalue weighted by molar-refractivity contribution is 5.51. The van der Waals surface area contributed by atoms with E-state index in [2.05, 4.69) is 68.2 Å². The van der Waals surface area contributed by atoms with Gasteiger partial charge in [-0.25, -0.2) is 0 Å². The molecule has 1 aromatic carbocycles. The van der Waals surface area contributed by atoms with Crippen molar-refractivity contribution in [3.63, 3.8) is 0 Å². The van der Waals surface area contributed by atoms with Gasteiger partial charge in [0.05, 0.1) is 0 Å². The summed E-state index contributed by atoms with van der Waals surface area (Å²) in [5.74, 6) is 0. The summed E-state index contributed by atoms with van der Waals surface area (Å²) in [5, 5.41) is 3.50. The Balaban J connectivity index is 2.01. The van der Waals surface area contributed by atoms with Gasteiger partial charge in [-0.1, -0.05) is 19.9 Å². The van der Waals surface area contributed by atoms with Crippen LogP contribution < -0.4 is 10.2 Å². The Morgan fingerprint density at radius 1 is 1.29 bits per heavy atom.